The van der Waals surface area contributed by atoms with Crippen LogP contribution in [0.15, 0.2) is 42.5 Å². The minimum Gasteiger partial charge on any atom is -0.456 e. The van der Waals surface area contributed by atoms with Gasteiger partial charge in [-0.15, -0.1) is 11.3 Å². The number of esters is 2. The number of hydrogen-bond acceptors (Lipinski definition) is 7. The summed E-state index contributed by atoms with van der Waals surface area (Å²) < 4.78 is 10.9. The summed E-state index contributed by atoms with van der Waals surface area (Å²) in [5, 5.41) is 5.36. The molecule has 196 valence electrons. The Kier molecular flexibility index (Phi) is 7.44. The molecular formula is C29H34N2O5S. The maximum absolute atomic E-state index is 13.2. The fourth-order valence-corrected chi connectivity index (χ4v) is 5.57. The molecule has 0 spiro atoms. The Bertz CT molecular complexity index is 1350. The minimum absolute atomic E-state index is 0.322. The van der Waals surface area contributed by atoms with E-state index in [-0.39, 0.29) is 0 Å². The Balaban J connectivity index is 1.58. The smallest absolute Gasteiger partial charge is 0.397 e. The molecular weight excluding hydrogens is 488 g/mol. The summed E-state index contributed by atoms with van der Waals surface area (Å²) in [5.74, 6) is -2.41. The van der Waals surface area contributed by atoms with Crippen LogP contribution in [0.3, 0.4) is 0 Å². The van der Waals surface area contributed by atoms with Gasteiger partial charge in [0.2, 0.25) is 0 Å². The molecule has 2 aromatic carbocycles. The van der Waals surface area contributed by atoms with Crippen molar-refractivity contribution in [1.82, 2.24) is 4.90 Å². The van der Waals surface area contributed by atoms with Gasteiger partial charge in [-0.2, -0.15) is 0 Å². The molecule has 1 aromatic heterocycles. The van der Waals surface area contributed by atoms with Crippen LogP contribution in [-0.2, 0) is 38.6 Å². The van der Waals surface area contributed by atoms with Crippen LogP contribution < -0.4 is 5.32 Å². The molecule has 3 aromatic rings. The zero-order valence-corrected chi connectivity index (χ0v) is 23.1. The Hall–Kier alpha value is -3.23. The monoisotopic (exact) mass is 522 g/mol. The third-order valence-corrected chi connectivity index (χ3v) is 6.90. The van der Waals surface area contributed by atoms with E-state index in [0.29, 0.717) is 23.5 Å². The molecule has 0 unspecified atom stereocenters. The SMILES string of the molecule is CC(C)(C)OC(=O)C(=O)Nc1sc2c(c1C(=O)OC(C)(C)C)CCN(Cc1ccc3ccccc3c1)C2. The number of fused-ring (bicyclic) bond motifs is 2. The van der Waals surface area contributed by atoms with Gasteiger partial charge in [0.15, 0.2) is 0 Å². The first-order valence-corrected chi connectivity index (χ1v) is 13.2. The maximum Gasteiger partial charge on any atom is 0.397 e. The van der Waals surface area contributed by atoms with Gasteiger partial charge in [-0.25, -0.2) is 9.59 Å². The van der Waals surface area contributed by atoms with Crippen molar-refractivity contribution in [3.8, 4) is 0 Å². The lowest BCUT2D eigenvalue weighted by Crippen LogP contribution is -2.33. The number of benzene rings is 2. The highest BCUT2D eigenvalue weighted by molar-refractivity contribution is 7.17. The average Bonchev–Trinajstić information content (AvgIpc) is 3.13. The molecule has 1 aliphatic heterocycles. The van der Waals surface area contributed by atoms with E-state index >= 15 is 0 Å². The number of carbonyl (C=O) groups is 3. The van der Waals surface area contributed by atoms with E-state index in [1.165, 1.54) is 27.7 Å². The quantitative estimate of drug-likeness (QED) is 0.350. The topological polar surface area (TPSA) is 84.9 Å². The van der Waals surface area contributed by atoms with E-state index in [2.05, 4.69) is 40.5 Å². The molecule has 7 nitrogen and oxygen atoms in total. The van der Waals surface area contributed by atoms with Crippen molar-refractivity contribution >= 4 is 45.0 Å². The molecule has 0 atom stereocenters. The first kappa shape index (κ1) is 26.8. The van der Waals surface area contributed by atoms with Crippen molar-refractivity contribution in [2.45, 2.75) is 72.3 Å². The summed E-state index contributed by atoms with van der Waals surface area (Å²) in [7, 11) is 0. The lowest BCUT2D eigenvalue weighted by Gasteiger charge is -2.27. The van der Waals surface area contributed by atoms with Gasteiger partial charge in [-0.1, -0.05) is 36.4 Å². The third kappa shape index (κ3) is 6.76. The number of nitrogens with one attached hydrogen (secondary N) is 1. The van der Waals surface area contributed by atoms with Gasteiger partial charge in [-0.3, -0.25) is 9.69 Å². The molecule has 1 N–H and O–H groups in total. The highest BCUT2D eigenvalue weighted by Crippen LogP contribution is 2.38. The number of hydrogen-bond donors (Lipinski definition) is 1. The molecule has 8 heteroatoms. The molecule has 37 heavy (non-hydrogen) atoms. The largest absolute Gasteiger partial charge is 0.456 e. The summed E-state index contributed by atoms with van der Waals surface area (Å²) in [4.78, 5) is 41.4. The molecule has 4 rings (SSSR count). The molecule has 2 heterocycles. The summed E-state index contributed by atoms with van der Waals surface area (Å²) in [5.41, 5.74) is 0.908. The summed E-state index contributed by atoms with van der Waals surface area (Å²) in [6.45, 7) is 12.6. The molecule has 0 radical (unpaired) electrons. The van der Waals surface area contributed by atoms with E-state index in [4.69, 9.17) is 9.47 Å². The number of anilines is 1. The van der Waals surface area contributed by atoms with Crippen molar-refractivity contribution in [3.63, 3.8) is 0 Å². The minimum atomic E-state index is -0.994. The lowest BCUT2D eigenvalue weighted by atomic mass is 10.0. The van der Waals surface area contributed by atoms with Gasteiger partial charge in [-0.05, 0) is 75.9 Å². The standard InChI is InChI=1S/C29H34N2O5S/c1-28(2,3)35-26(33)23-21-13-14-31(16-18-11-12-19-9-7-8-10-20(19)15-18)17-22(21)37-25(23)30-24(32)27(34)36-29(4,5)6/h7-12,15H,13-14,16-17H2,1-6H3,(H,30,32). The van der Waals surface area contributed by atoms with Gasteiger partial charge in [0.05, 0.1) is 5.56 Å². The number of ether oxygens (including phenoxy) is 2. The summed E-state index contributed by atoms with van der Waals surface area (Å²) in [6, 6.07) is 14.8. The van der Waals surface area contributed by atoms with Crippen molar-refractivity contribution in [1.29, 1.82) is 0 Å². The molecule has 0 bridgehead atoms. The van der Waals surface area contributed by atoms with E-state index in [9.17, 15) is 14.4 Å². The molecule has 0 saturated carbocycles. The molecule has 0 saturated heterocycles. The zero-order chi connectivity index (χ0) is 27.0. The van der Waals surface area contributed by atoms with Crippen LogP contribution in [0.1, 0.15) is 67.9 Å². The Morgan fingerprint density at radius 2 is 1.62 bits per heavy atom. The van der Waals surface area contributed by atoms with Gasteiger partial charge in [0.1, 0.15) is 16.2 Å². The number of rotatable bonds is 4. The van der Waals surface area contributed by atoms with Crippen LogP contribution in [-0.4, -0.2) is 40.5 Å². The van der Waals surface area contributed by atoms with Gasteiger partial charge >= 0.3 is 17.8 Å². The van der Waals surface area contributed by atoms with Crippen molar-refractivity contribution < 1.29 is 23.9 Å². The highest BCUT2D eigenvalue weighted by atomic mass is 32.1. The van der Waals surface area contributed by atoms with Gasteiger partial charge in [0.25, 0.3) is 0 Å². The predicted octanol–water partition coefficient (Wildman–Crippen LogP) is 5.70. The number of amides is 1. The third-order valence-electron chi connectivity index (χ3n) is 5.77. The highest BCUT2D eigenvalue weighted by Gasteiger charge is 2.33. The lowest BCUT2D eigenvalue weighted by molar-refractivity contribution is -0.161. The van der Waals surface area contributed by atoms with Crippen molar-refractivity contribution in [2.24, 2.45) is 0 Å². The van der Waals surface area contributed by atoms with Gasteiger partial charge in [0, 0.05) is 24.5 Å². The Labute approximate surface area is 221 Å². The van der Waals surface area contributed by atoms with E-state index in [0.717, 1.165) is 23.5 Å². The number of carbonyl (C=O) groups excluding carboxylic acids is 3. The van der Waals surface area contributed by atoms with Crippen LogP contribution in [0.2, 0.25) is 0 Å². The average molecular weight is 523 g/mol. The van der Waals surface area contributed by atoms with E-state index in [1.54, 1.807) is 41.5 Å². The van der Waals surface area contributed by atoms with Crippen LogP contribution in [0.4, 0.5) is 5.00 Å². The van der Waals surface area contributed by atoms with Gasteiger partial charge < -0.3 is 14.8 Å². The van der Waals surface area contributed by atoms with Crippen LogP contribution in [0.5, 0.6) is 0 Å². The Morgan fingerprint density at radius 1 is 0.946 bits per heavy atom. The van der Waals surface area contributed by atoms with E-state index in [1.807, 2.05) is 12.1 Å². The van der Waals surface area contributed by atoms with E-state index < -0.39 is 29.0 Å². The fourth-order valence-electron chi connectivity index (χ4n) is 4.30. The summed E-state index contributed by atoms with van der Waals surface area (Å²) in [6.07, 6.45) is 0.635. The number of thiophene rings is 1. The van der Waals surface area contributed by atoms with Crippen LogP contribution in [0, 0.1) is 0 Å². The van der Waals surface area contributed by atoms with Crippen molar-refractivity contribution in [3.05, 3.63) is 64.0 Å². The van der Waals surface area contributed by atoms with Crippen LogP contribution in [0.25, 0.3) is 10.8 Å². The maximum atomic E-state index is 13.2. The van der Waals surface area contributed by atoms with Crippen molar-refractivity contribution in [2.75, 3.05) is 11.9 Å². The Morgan fingerprint density at radius 3 is 2.30 bits per heavy atom. The second kappa shape index (κ2) is 10.3. The normalized spacial score (nSPS) is 14.2. The van der Waals surface area contributed by atoms with Crippen LogP contribution >= 0.6 is 11.3 Å². The molecule has 0 aliphatic carbocycles. The molecule has 0 fully saturated rings. The zero-order valence-electron chi connectivity index (χ0n) is 22.3. The first-order valence-electron chi connectivity index (χ1n) is 12.4. The number of nitrogens with zero attached hydrogens (tertiary/aromatic N) is 1. The second-order valence-corrected chi connectivity index (χ2v) is 12.4. The first-order chi connectivity index (χ1) is 17.3. The molecule has 1 aliphatic rings. The summed E-state index contributed by atoms with van der Waals surface area (Å²) >= 11 is 1.31. The fraction of sp³-hybridized carbons (Fsp3) is 0.414. The molecule has 1 amide bonds. The predicted molar refractivity (Wildman–Crippen MR) is 146 cm³/mol. The second-order valence-electron chi connectivity index (χ2n) is 11.3.